The minimum Gasteiger partial charge on any atom is -0.491 e. The molecule has 0 spiro atoms. The lowest BCUT2D eigenvalue weighted by atomic mass is 10.2. The molecule has 1 aliphatic rings. The smallest absolute Gasteiger partial charge is 0.144 e. The van der Waals surface area contributed by atoms with Crippen LogP contribution >= 0.6 is 23.5 Å². The quantitative estimate of drug-likeness (QED) is 0.789. The van der Waals surface area contributed by atoms with Gasteiger partial charge in [-0.2, -0.15) is 23.5 Å². The summed E-state index contributed by atoms with van der Waals surface area (Å²) in [6.45, 7) is 3.78. The van der Waals surface area contributed by atoms with Gasteiger partial charge in [-0.25, -0.2) is 0 Å². The molecule has 0 aliphatic carbocycles. The molecule has 0 amide bonds. The fourth-order valence-electron chi connectivity index (χ4n) is 1.91. The van der Waals surface area contributed by atoms with E-state index >= 15 is 0 Å². The number of nitrogens with one attached hydrogen (secondary N) is 1. The van der Waals surface area contributed by atoms with Gasteiger partial charge in [0.1, 0.15) is 5.75 Å². The second kappa shape index (κ2) is 7.80. The largest absolute Gasteiger partial charge is 0.491 e. The Labute approximate surface area is 124 Å². The van der Waals surface area contributed by atoms with Gasteiger partial charge in [0.05, 0.1) is 18.0 Å². The van der Waals surface area contributed by atoms with Crippen molar-refractivity contribution >= 4 is 34.9 Å². The highest BCUT2D eigenvalue weighted by Gasteiger charge is 2.14. The second-order valence-electron chi connectivity index (χ2n) is 4.51. The van der Waals surface area contributed by atoms with Crippen LogP contribution in [0.25, 0.3) is 0 Å². The molecule has 3 nitrogen and oxygen atoms in total. The molecule has 1 heterocycles. The van der Waals surface area contributed by atoms with Gasteiger partial charge in [0.2, 0.25) is 0 Å². The van der Waals surface area contributed by atoms with E-state index < -0.39 is 0 Å². The highest BCUT2D eigenvalue weighted by atomic mass is 32.2. The first kappa shape index (κ1) is 14.7. The second-order valence-corrected chi connectivity index (χ2v) is 7.07. The molecule has 1 unspecified atom stereocenters. The molecule has 2 rings (SSSR count). The minimum atomic E-state index is 0.679. The predicted molar refractivity (Wildman–Crippen MR) is 88.7 cm³/mol. The topological polar surface area (TPSA) is 47.3 Å². The van der Waals surface area contributed by atoms with Crippen molar-refractivity contribution in [1.29, 1.82) is 0 Å². The summed E-state index contributed by atoms with van der Waals surface area (Å²) in [4.78, 5) is 0. The molecule has 1 aromatic rings. The van der Waals surface area contributed by atoms with Gasteiger partial charge in [0, 0.05) is 29.1 Å². The van der Waals surface area contributed by atoms with E-state index in [9.17, 15) is 0 Å². The van der Waals surface area contributed by atoms with Crippen molar-refractivity contribution in [3.8, 4) is 5.75 Å². The highest BCUT2D eigenvalue weighted by Crippen LogP contribution is 2.30. The molecule has 0 aromatic heterocycles. The maximum Gasteiger partial charge on any atom is 0.144 e. The Balaban J connectivity index is 1.91. The van der Waals surface area contributed by atoms with E-state index in [2.05, 4.69) is 24.0 Å². The number of ether oxygens (including phenoxy) is 1. The number of hydrogen-bond acceptors (Lipinski definition) is 5. The third kappa shape index (κ3) is 4.42. The maximum absolute atomic E-state index is 6.14. The summed E-state index contributed by atoms with van der Waals surface area (Å²) in [5.74, 6) is 4.55. The first-order chi connectivity index (χ1) is 9.31. The fraction of sp³-hybridized carbons (Fsp3) is 0.571. The monoisotopic (exact) mass is 298 g/mol. The molecular formula is C14H22N2OS2. The predicted octanol–water partition coefficient (Wildman–Crippen LogP) is 3.32. The molecule has 3 N–H and O–H groups in total. The molecule has 0 bridgehead atoms. The standard InChI is InChI=1S/C14H22N2OS2/c1-2-6-17-13-5-3-4-12(14(13)15)16-9-11-10-18-7-8-19-11/h3-5,11,16H,2,6-10,15H2,1H3. The molecule has 1 aromatic carbocycles. The molecule has 0 saturated carbocycles. The van der Waals surface area contributed by atoms with Crippen molar-refractivity contribution in [2.24, 2.45) is 0 Å². The molecule has 19 heavy (non-hydrogen) atoms. The molecule has 5 heteroatoms. The number of thioether (sulfide) groups is 2. The van der Waals surface area contributed by atoms with Gasteiger partial charge in [0.15, 0.2) is 0 Å². The number of anilines is 2. The third-order valence-corrected chi connectivity index (χ3v) is 5.78. The van der Waals surface area contributed by atoms with E-state index in [1.54, 1.807) is 0 Å². The van der Waals surface area contributed by atoms with Crippen LogP contribution in [-0.4, -0.2) is 35.7 Å². The first-order valence-corrected chi connectivity index (χ1v) is 8.96. The van der Waals surface area contributed by atoms with E-state index in [0.717, 1.165) is 30.1 Å². The average molecular weight is 298 g/mol. The summed E-state index contributed by atoms with van der Waals surface area (Å²) in [5.41, 5.74) is 7.86. The zero-order valence-corrected chi connectivity index (χ0v) is 13.0. The Kier molecular flexibility index (Phi) is 6.04. The summed E-state index contributed by atoms with van der Waals surface area (Å²) in [7, 11) is 0. The molecule has 1 saturated heterocycles. The minimum absolute atomic E-state index is 0.679. The van der Waals surface area contributed by atoms with Crippen molar-refractivity contribution in [2.45, 2.75) is 18.6 Å². The van der Waals surface area contributed by atoms with Crippen molar-refractivity contribution in [1.82, 2.24) is 0 Å². The van der Waals surface area contributed by atoms with Crippen molar-refractivity contribution < 1.29 is 4.74 Å². The van der Waals surface area contributed by atoms with Crippen LogP contribution in [0.4, 0.5) is 11.4 Å². The van der Waals surface area contributed by atoms with Gasteiger partial charge in [-0.1, -0.05) is 13.0 Å². The van der Waals surface area contributed by atoms with Gasteiger partial charge >= 0.3 is 0 Å². The van der Waals surface area contributed by atoms with Crippen molar-refractivity contribution in [3.05, 3.63) is 18.2 Å². The van der Waals surface area contributed by atoms with Crippen LogP contribution in [0.15, 0.2) is 18.2 Å². The van der Waals surface area contributed by atoms with Gasteiger partial charge in [-0.15, -0.1) is 0 Å². The lowest BCUT2D eigenvalue weighted by Crippen LogP contribution is -2.23. The zero-order valence-electron chi connectivity index (χ0n) is 11.4. The number of rotatable bonds is 6. The first-order valence-electron chi connectivity index (χ1n) is 6.75. The summed E-state index contributed by atoms with van der Waals surface area (Å²) in [6.07, 6.45) is 0.993. The Hall–Kier alpha value is -0.680. The highest BCUT2D eigenvalue weighted by molar-refractivity contribution is 8.06. The Morgan fingerprint density at radius 2 is 2.32 bits per heavy atom. The number of nitrogen functional groups attached to an aromatic ring is 1. The molecule has 1 atom stereocenters. The molecule has 0 radical (unpaired) electrons. The summed E-state index contributed by atoms with van der Waals surface area (Å²) >= 11 is 4.09. The average Bonchev–Trinajstić information content (AvgIpc) is 2.46. The van der Waals surface area contributed by atoms with Crippen molar-refractivity contribution in [2.75, 3.05) is 41.5 Å². The summed E-state index contributed by atoms with van der Waals surface area (Å²) in [5, 5.41) is 4.14. The van der Waals surface area contributed by atoms with Crippen LogP contribution < -0.4 is 15.8 Å². The van der Waals surface area contributed by atoms with Crippen molar-refractivity contribution in [3.63, 3.8) is 0 Å². The van der Waals surface area contributed by atoms with Crippen LogP contribution in [0.5, 0.6) is 5.75 Å². The van der Waals surface area contributed by atoms with E-state index in [1.165, 1.54) is 17.3 Å². The number of hydrogen-bond donors (Lipinski definition) is 2. The molecule has 106 valence electrons. The van der Waals surface area contributed by atoms with E-state index in [0.29, 0.717) is 11.9 Å². The molecule has 1 fully saturated rings. The van der Waals surface area contributed by atoms with Crippen LogP contribution in [0, 0.1) is 0 Å². The van der Waals surface area contributed by atoms with Gasteiger partial charge in [0.25, 0.3) is 0 Å². The van der Waals surface area contributed by atoms with E-state index in [1.807, 2.05) is 30.0 Å². The number of benzene rings is 1. The van der Waals surface area contributed by atoms with Crippen LogP contribution in [-0.2, 0) is 0 Å². The van der Waals surface area contributed by atoms with Gasteiger partial charge in [-0.3, -0.25) is 0 Å². The lowest BCUT2D eigenvalue weighted by Gasteiger charge is -2.22. The van der Waals surface area contributed by atoms with Crippen LogP contribution in [0.3, 0.4) is 0 Å². The zero-order chi connectivity index (χ0) is 13.5. The lowest BCUT2D eigenvalue weighted by molar-refractivity contribution is 0.319. The van der Waals surface area contributed by atoms with Gasteiger partial charge < -0.3 is 15.8 Å². The normalized spacial score (nSPS) is 19.1. The van der Waals surface area contributed by atoms with Crippen LogP contribution in [0.2, 0.25) is 0 Å². The Bertz CT molecular complexity index is 395. The van der Waals surface area contributed by atoms with E-state index in [-0.39, 0.29) is 0 Å². The molecule has 1 aliphatic heterocycles. The maximum atomic E-state index is 6.14. The number of para-hydroxylation sites is 1. The Morgan fingerprint density at radius 3 is 3.05 bits per heavy atom. The van der Waals surface area contributed by atoms with Gasteiger partial charge in [-0.05, 0) is 18.6 Å². The summed E-state index contributed by atoms with van der Waals surface area (Å²) in [6, 6.07) is 5.95. The summed E-state index contributed by atoms with van der Waals surface area (Å²) < 4.78 is 5.64. The Morgan fingerprint density at radius 1 is 1.42 bits per heavy atom. The fourth-order valence-corrected chi connectivity index (χ4v) is 4.53. The SMILES string of the molecule is CCCOc1cccc(NCC2CSCCS2)c1N. The molecular weight excluding hydrogens is 276 g/mol. The van der Waals surface area contributed by atoms with E-state index in [4.69, 9.17) is 10.5 Å². The third-order valence-electron chi connectivity index (χ3n) is 2.93. The number of nitrogens with two attached hydrogens (primary N) is 1. The van der Waals surface area contributed by atoms with Crippen LogP contribution in [0.1, 0.15) is 13.3 Å².